The summed E-state index contributed by atoms with van der Waals surface area (Å²) in [7, 11) is 1.59. The molecule has 0 fully saturated rings. The van der Waals surface area contributed by atoms with Crippen LogP contribution in [0.15, 0.2) is 0 Å². The zero-order valence-electron chi connectivity index (χ0n) is 4.73. The molecule has 0 saturated carbocycles. The average molecular weight is 150 g/mol. The summed E-state index contributed by atoms with van der Waals surface area (Å²) < 4.78 is 4.63. The molecule has 2 nitrogen and oxygen atoms in total. The highest BCUT2D eigenvalue weighted by molar-refractivity contribution is 5.75. The van der Waals surface area contributed by atoms with Crippen molar-refractivity contribution in [1.82, 2.24) is 0 Å². The normalized spacial score (nSPS) is 6.20. The zero-order valence-corrected chi connectivity index (χ0v) is 4.73. The van der Waals surface area contributed by atoms with Crippen molar-refractivity contribution in [3.63, 3.8) is 0 Å². The number of carbonyl (C=O) groups excluding carboxylic acids is 1. The Kier molecular flexibility index (Phi) is 35.9. The molecular weight excluding hydrogens is 128 g/mol. The van der Waals surface area contributed by atoms with Crippen molar-refractivity contribution in [1.29, 1.82) is 0 Å². The topological polar surface area (TPSA) is 26.3 Å². The molecule has 0 aromatic carbocycles. The van der Waals surface area contributed by atoms with Gasteiger partial charge in [-0.15, -0.1) is 0 Å². The van der Waals surface area contributed by atoms with Crippen LogP contribution in [0.4, 0.5) is 0 Å². The number of rotatable bonds is 3. The molecule has 0 unspecified atom stereocenters. The molecule has 0 aromatic rings. The molecule has 0 spiro atoms. The Morgan fingerprint density at radius 1 is 1.30 bits per heavy atom. The van der Waals surface area contributed by atoms with Gasteiger partial charge in [0.05, 0.1) is 6.61 Å². The van der Waals surface area contributed by atoms with Crippen LogP contribution >= 0.6 is 0 Å². The Bertz CT molecular complexity index is 60.3. The molecule has 0 radical (unpaired) electrons. The van der Waals surface area contributed by atoms with E-state index >= 15 is 0 Å². The third-order valence-corrected chi connectivity index (χ3v) is 0.658. The molecule has 0 bridgehead atoms. The van der Waals surface area contributed by atoms with E-state index in [9.17, 15) is 4.79 Å². The first kappa shape index (κ1) is 22.6. The Labute approximate surface area is 65.6 Å². The van der Waals surface area contributed by atoms with Crippen LogP contribution in [0.5, 0.6) is 0 Å². The lowest BCUT2D eigenvalue weighted by Gasteiger charge is -1.89. The highest BCUT2D eigenvalue weighted by Crippen LogP contribution is 1.79. The molecule has 0 amide bonds. The number of hydrogen-bond acceptors (Lipinski definition) is 2. The molecule has 0 aromatic heterocycles. The van der Waals surface area contributed by atoms with Gasteiger partial charge in [-0.3, -0.25) is 4.79 Å². The van der Waals surface area contributed by atoms with E-state index in [2.05, 4.69) is 4.74 Å². The van der Waals surface area contributed by atoms with Gasteiger partial charge in [0.1, 0.15) is 5.78 Å². The maximum atomic E-state index is 10.1. The van der Waals surface area contributed by atoms with E-state index in [0.29, 0.717) is 13.0 Å². The fourth-order valence-corrected chi connectivity index (χ4v) is 0.246. The number of hydrogen-bond donors (Lipinski definition) is 0. The number of carbonyl (C=O) groups is 1. The monoisotopic (exact) mass is 150 g/mol. The van der Waals surface area contributed by atoms with Crippen LogP contribution < -0.4 is 0 Å². The van der Waals surface area contributed by atoms with Gasteiger partial charge in [-0.25, -0.2) is 0 Å². The zero-order chi connectivity index (χ0) is 5.70. The minimum Gasteiger partial charge on any atom is -0.384 e. The van der Waals surface area contributed by atoms with Crippen molar-refractivity contribution < 1.29 is 9.53 Å². The lowest BCUT2D eigenvalue weighted by molar-refractivity contribution is -0.117. The Hall–Kier alpha value is -0.370. The van der Waals surface area contributed by atoms with E-state index in [4.69, 9.17) is 0 Å². The van der Waals surface area contributed by atoms with Crippen molar-refractivity contribution in [3.05, 3.63) is 0 Å². The molecule has 0 rings (SSSR count). The summed E-state index contributed by atoms with van der Waals surface area (Å²) in [5.74, 6) is 0.182. The third-order valence-electron chi connectivity index (χ3n) is 0.658. The van der Waals surface area contributed by atoms with Crippen molar-refractivity contribution in [2.75, 3.05) is 13.7 Å². The van der Waals surface area contributed by atoms with Gasteiger partial charge in [0.15, 0.2) is 0 Å². The van der Waals surface area contributed by atoms with E-state index in [1.165, 1.54) is 0 Å². The highest BCUT2D eigenvalue weighted by atomic mass is 16.5. The molecule has 0 aliphatic carbocycles. The SMILES string of the molecule is C.C.C.COCCC(C)=O. The summed E-state index contributed by atoms with van der Waals surface area (Å²) in [6, 6.07) is 0. The summed E-state index contributed by atoms with van der Waals surface area (Å²) in [5.41, 5.74) is 0. The minimum absolute atomic E-state index is 0. The van der Waals surface area contributed by atoms with Crippen molar-refractivity contribution in [2.45, 2.75) is 35.6 Å². The van der Waals surface area contributed by atoms with Crippen molar-refractivity contribution in [2.24, 2.45) is 0 Å². The van der Waals surface area contributed by atoms with Crippen LogP contribution in [0.3, 0.4) is 0 Å². The first-order valence-electron chi connectivity index (χ1n) is 2.25. The van der Waals surface area contributed by atoms with E-state index in [1.807, 2.05) is 0 Å². The Morgan fingerprint density at radius 2 is 1.70 bits per heavy atom. The highest BCUT2D eigenvalue weighted by Gasteiger charge is 1.87. The summed E-state index contributed by atoms with van der Waals surface area (Å²) >= 11 is 0. The van der Waals surface area contributed by atoms with Gasteiger partial charge in [-0.2, -0.15) is 0 Å². The molecular formula is C8H22O2. The molecule has 0 heterocycles. The van der Waals surface area contributed by atoms with E-state index in [-0.39, 0.29) is 28.1 Å². The summed E-state index contributed by atoms with van der Waals surface area (Å²) in [5, 5.41) is 0. The molecule has 66 valence electrons. The predicted octanol–water partition coefficient (Wildman–Crippen LogP) is 2.52. The molecule has 0 saturated heterocycles. The van der Waals surface area contributed by atoms with Crippen LogP contribution in [0.2, 0.25) is 0 Å². The maximum Gasteiger partial charge on any atom is 0.132 e. The largest absolute Gasteiger partial charge is 0.384 e. The maximum absolute atomic E-state index is 10.1. The van der Waals surface area contributed by atoms with Gasteiger partial charge in [0, 0.05) is 13.5 Å². The molecule has 2 heteroatoms. The third kappa shape index (κ3) is 25.5. The minimum atomic E-state index is 0. The number of ketones is 1. The second-order valence-electron chi connectivity index (χ2n) is 1.44. The Balaban J connectivity index is -0.0000000600. The van der Waals surface area contributed by atoms with Crippen LogP contribution in [0.25, 0.3) is 0 Å². The lowest BCUT2D eigenvalue weighted by atomic mass is 10.3. The molecule has 0 N–H and O–H groups in total. The summed E-state index contributed by atoms with van der Waals surface area (Å²) in [6.07, 6.45) is 0.538. The van der Waals surface area contributed by atoms with Crippen molar-refractivity contribution >= 4 is 5.78 Å². The molecule has 0 aliphatic rings. The van der Waals surface area contributed by atoms with Gasteiger partial charge in [-0.1, -0.05) is 22.3 Å². The average Bonchev–Trinajstić information content (AvgIpc) is 1.61. The molecule has 10 heavy (non-hydrogen) atoms. The standard InChI is InChI=1S/C5H10O2.3CH4/c1-5(6)3-4-7-2;;;/h3-4H2,1-2H3;3*1H4. The van der Waals surface area contributed by atoms with Crippen LogP contribution in [0, 0.1) is 0 Å². The fourth-order valence-electron chi connectivity index (χ4n) is 0.246. The second-order valence-corrected chi connectivity index (χ2v) is 1.44. The summed E-state index contributed by atoms with van der Waals surface area (Å²) in [4.78, 5) is 10.1. The van der Waals surface area contributed by atoms with Crippen LogP contribution in [-0.4, -0.2) is 19.5 Å². The number of Topliss-reactive ketones (excluding diaryl/α,β-unsaturated/α-hetero) is 1. The number of ether oxygens (including phenoxy) is 1. The van der Waals surface area contributed by atoms with Crippen LogP contribution in [0.1, 0.15) is 35.6 Å². The molecule has 0 aliphatic heterocycles. The first-order valence-corrected chi connectivity index (χ1v) is 2.25. The van der Waals surface area contributed by atoms with E-state index in [1.54, 1.807) is 14.0 Å². The molecule has 0 atom stereocenters. The smallest absolute Gasteiger partial charge is 0.132 e. The van der Waals surface area contributed by atoms with Gasteiger partial charge < -0.3 is 4.74 Å². The quantitative estimate of drug-likeness (QED) is 0.618. The van der Waals surface area contributed by atoms with E-state index < -0.39 is 0 Å². The second kappa shape index (κ2) is 15.9. The summed E-state index contributed by atoms with van der Waals surface area (Å²) in [6.45, 7) is 2.11. The Morgan fingerprint density at radius 3 is 1.80 bits per heavy atom. The van der Waals surface area contributed by atoms with Gasteiger partial charge in [-0.05, 0) is 6.92 Å². The first-order chi connectivity index (χ1) is 3.27. The number of methoxy groups -OCH3 is 1. The fraction of sp³-hybridized carbons (Fsp3) is 0.875. The van der Waals surface area contributed by atoms with Gasteiger partial charge in [0.25, 0.3) is 0 Å². The predicted molar refractivity (Wildman–Crippen MR) is 47.4 cm³/mol. The van der Waals surface area contributed by atoms with Crippen molar-refractivity contribution in [3.8, 4) is 0 Å². The lowest BCUT2D eigenvalue weighted by Crippen LogP contribution is -1.95. The van der Waals surface area contributed by atoms with Gasteiger partial charge >= 0.3 is 0 Å². The van der Waals surface area contributed by atoms with E-state index in [0.717, 1.165) is 0 Å². The van der Waals surface area contributed by atoms with Crippen LogP contribution in [-0.2, 0) is 9.53 Å². The van der Waals surface area contributed by atoms with Gasteiger partial charge in [0.2, 0.25) is 0 Å².